The number of nitrogens with zero attached hydrogens (tertiary/aromatic N) is 2. The summed E-state index contributed by atoms with van der Waals surface area (Å²) >= 11 is 0. The van der Waals surface area contributed by atoms with Crippen molar-refractivity contribution in [3.63, 3.8) is 0 Å². The number of carbonyl (C=O) groups excluding carboxylic acids is 1. The molecule has 1 amide bonds. The van der Waals surface area contributed by atoms with Gasteiger partial charge in [0.05, 0.1) is 6.10 Å². The molecule has 3 atom stereocenters. The quantitative estimate of drug-likeness (QED) is 0.641. The lowest BCUT2D eigenvalue weighted by atomic mass is 10.1. The molecule has 0 bridgehead atoms. The molecule has 2 fully saturated rings. The van der Waals surface area contributed by atoms with Gasteiger partial charge in [0, 0.05) is 37.7 Å². The Morgan fingerprint density at radius 2 is 2.15 bits per heavy atom. The average Bonchev–Trinajstić information content (AvgIpc) is 3.31. The molecule has 3 aliphatic rings. The fraction of sp³-hybridized carbons (Fsp3) is 0.529. The number of rotatable bonds is 3. The van der Waals surface area contributed by atoms with Crippen LogP contribution in [-0.4, -0.2) is 68.5 Å². The molecule has 3 unspecified atom stereocenters. The number of benzene rings is 1. The molecule has 1 aromatic carbocycles. The van der Waals surface area contributed by atoms with Crippen molar-refractivity contribution in [3.05, 3.63) is 29.8 Å². The van der Waals surface area contributed by atoms with E-state index in [2.05, 4.69) is 15.0 Å². The minimum absolute atomic E-state index is 0.00118. The van der Waals surface area contributed by atoms with E-state index in [4.69, 9.17) is 0 Å². The summed E-state index contributed by atoms with van der Waals surface area (Å²) in [4.78, 5) is 14.7. The van der Waals surface area contributed by atoms with Gasteiger partial charge in [0.2, 0.25) is 5.91 Å². The first-order valence-electron chi connectivity index (χ1n) is 8.85. The summed E-state index contributed by atoms with van der Waals surface area (Å²) in [5.41, 5.74) is 0.558. The lowest BCUT2D eigenvalue weighted by molar-refractivity contribution is -0.124. The molecule has 1 aromatic rings. The van der Waals surface area contributed by atoms with Crippen LogP contribution in [0.2, 0.25) is 0 Å². The number of likely N-dealkylation sites (tertiary alicyclic amines) is 1. The summed E-state index contributed by atoms with van der Waals surface area (Å²) in [6.45, 7) is 2.21. The van der Waals surface area contributed by atoms with Gasteiger partial charge in [-0.15, -0.1) is 4.40 Å². The molecular weight excluding hydrogens is 356 g/mol. The Labute approximate surface area is 152 Å². The number of hydrogen-bond acceptors (Lipinski definition) is 6. The largest absolute Gasteiger partial charge is 0.391 e. The van der Waals surface area contributed by atoms with Gasteiger partial charge < -0.3 is 20.6 Å². The molecule has 2 saturated heterocycles. The maximum absolute atomic E-state index is 12.7. The molecule has 26 heavy (non-hydrogen) atoms. The van der Waals surface area contributed by atoms with Crippen LogP contribution in [0.1, 0.15) is 18.4 Å². The first-order chi connectivity index (χ1) is 12.5. The van der Waals surface area contributed by atoms with Gasteiger partial charge in [-0.25, -0.2) is 0 Å². The molecule has 0 saturated carbocycles. The number of β-amino-alcohol motifs (C(OH)–C–C–N with tert-alkyl or cyclic N) is 1. The fourth-order valence-electron chi connectivity index (χ4n) is 3.87. The third-order valence-corrected chi connectivity index (χ3v) is 6.61. The van der Waals surface area contributed by atoms with E-state index in [0.717, 1.165) is 6.42 Å². The second kappa shape index (κ2) is 6.64. The van der Waals surface area contributed by atoms with Crippen LogP contribution in [0.3, 0.4) is 0 Å². The SMILES string of the molecule is O=C(NCC1CNCC1O)C1CCCN1C1=NS(=O)(=O)c2ccccc21. The molecule has 3 aliphatic heterocycles. The van der Waals surface area contributed by atoms with Crippen LogP contribution < -0.4 is 10.6 Å². The molecule has 8 nitrogen and oxygen atoms in total. The van der Waals surface area contributed by atoms with Gasteiger partial charge in [-0.1, -0.05) is 12.1 Å². The maximum Gasteiger partial charge on any atom is 0.285 e. The van der Waals surface area contributed by atoms with E-state index in [0.29, 0.717) is 44.0 Å². The van der Waals surface area contributed by atoms with Crippen LogP contribution in [0.4, 0.5) is 0 Å². The third kappa shape index (κ3) is 3.00. The van der Waals surface area contributed by atoms with E-state index in [-0.39, 0.29) is 16.7 Å². The van der Waals surface area contributed by atoms with Gasteiger partial charge in [0.1, 0.15) is 10.9 Å². The van der Waals surface area contributed by atoms with E-state index in [1.807, 2.05) is 0 Å². The molecular formula is C17H22N4O4S. The molecule has 0 radical (unpaired) electrons. The lowest BCUT2D eigenvalue weighted by Gasteiger charge is -2.26. The Balaban J connectivity index is 1.51. The van der Waals surface area contributed by atoms with Gasteiger partial charge in [0.25, 0.3) is 10.0 Å². The van der Waals surface area contributed by atoms with Gasteiger partial charge in [-0.05, 0) is 25.0 Å². The number of aliphatic hydroxyl groups excluding tert-OH is 1. The monoisotopic (exact) mass is 378 g/mol. The number of amides is 1. The van der Waals surface area contributed by atoms with Crippen molar-refractivity contribution >= 4 is 21.8 Å². The summed E-state index contributed by atoms with van der Waals surface area (Å²) in [6.07, 6.45) is 0.997. The van der Waals surface area contributed by atoms with Crippen LogP contribution >= 0.6 is 0 Å². The minimum atomic E-state index is -3.70. The highest BCUT2D eigenvalue weighted by molar-refractivity contribution is 7.90. The number of carbonyl (C=O) groups is 1. The Morgan fingerprint density at radius 1 is 1.35 bits per heavy atom. The average molecular weight is 378 g/mol. The maximum atomic E-state index is 12.7. The summed E-state index contributed by atoms with van der Waals surface area (Å²) in [7, 11) is -3.70. The highest BCUT2D eigenvalue weighted by Gasteiger charge is 2.39. The number of hydrogen-bond donors (Lipinski definition) is 3. The number of nitrogens with one attached hydrogen (secondary N) is 2. The van der Waals surface area contributed by atoms with Crippen molar-refractivity contribution in [2.45, 2.75) is 29.9 Å². The molecule has 0 aromatic heterocycles. The smallest absolute Gasteiger partial charge is 0.285 e. The van der Waals surface area contributed by atoms with Crippen LogP contribution in [0.25, 0.3) is 0 Å². The van der Waals surface area contributed by atoms with E-state index in [9.17, 15) is 18.3 Å². The topological polar surface area (TPSA) is 111 Å². The predicted octanol–water partition coefficient (Wildman–Crippen LogP) is -0.704. The normalized spacial score (nSPS) is 29.5. The second-order valence-electron chi connectivity index (χ2n) is 6.97. The van der Waals surface area contributed by atoms with Crippen LogP contribution in [0.5, 0.6) is 0 Å². The van der Waals surface area contributed by atoms with Crippen molar-refractivity contribution in [1.29, 1.82) is 0 Å². The summed E-state index contributed by atoms with van der Waals surface area (Å²) in [5.74, 6) is 0.214. The van der Waals surface area contributed by atoms with Crippen molar-refractivity contribution < 1.29 is 18.3 Å². The van der Waals surface area contributed by atoms with E-state index >= 15 is 0 Å². The molecule has 3 heterocycles. The summed E-state index contributed by atoms with van der Waals surface area (Å²) in [6, 6.07) is 6.27. The fourth-order valence-corrected chi connectivity index (χ4v) is 5.08. The zero-order valence-corrected chi connectivity index (χ0v) is 15.1. The van der Waals surface area contributed by atoms with Crippen molar-refractivity contribution in [3.8, 4) is 0 Å². The number of amidine groups is 1. The van der Waals surface area contributed by atoms with Gasteiger partial charge in [-0.2, -0.15) is 8.42 Å². The zero-order valence-electron chi connectivity index (χ0n) is 14.3. The molecule has 0 spiro atoms. The van der Waals surface area contributed by atoms with Gasteiger partial charge in [-0.3, -0.25) is 4.79 Å². The molecule has 0 aliphatic carbocycles. The van der Waals surface area contributed by atoms with Gasteiger partial charge >= 0.3 is 0 Å². The minimum Gasteiger partial charge on any atom is -0.391 e. The second-order valence-corrected chi connectivity index (χ2v) is 8.54. The Bertz CT molecular complexity index is 854. The Hall–Kier alpha value is -1.97. The molecule has 4 rings (SSSR count). The molecule has 3 N–H and O–H groups in total. The van der Waals surface area contributed by atoms with E-state index < -0.39 is 22.2 Å². The van der Waals surface area contributed by atoms with Crippen LogP contribution in [0, 0.1) is 5.92 Å². The Morgan fingerprint density at radius 3 is 2.92 bits per heavy atom. The van der Waals surface area contributed by atoms with Crippen molar-refractivity contribution in [2.75, 3.05) is 26.2 Å². The highest BCUT2D eigenvalue weighted by atomic mass is 32.2. The Kier molecular flexibility index (Phi) is 4.45. The zero-order chi connectivity index (χ0) is 18.3. The first kappa shape index (κ1) is 17.4. The van der Waals surface area contributed by atoms with E-state index in [1.54, 1.807) is 29.2 Å². The van der Waals surface area contributed by atoms with E-state index in [1.165, 1.54) is 0 Å². The number of sulfonamides is 1. The first-order valence-corrected chi connectivity index (χ1v) is 10.3. The summed E-state index contributed by atoms with van der Waals surface area (Å²) in [5, 5.41) is 15.9. The number of aliphatic hydroxyl groups is 1. The van der Waals surface area contributed by atoms with Gasteiger partial charge in [0.15, 0.2) is 5.84 Å². The molecule has 140 valence electrons. The number of fused-ring (bicyclic) bond motifs is 1. The molecule has 9 heteroatoms. The third-order valence-electron chi connectivity index (χ3n) is 5.28. The van der Waals surface area contributed by atoms with Crippen LogP contribution in [-0.2, 0) is 14.8 Å². The van der Waals surface area contributed by atoms with Crippen molar-refractivity contribution in [1.82, 2.24) is 15.5 Å². The standard InChI is InChI=1S/C17H22N4O4S/c22-14-10-18-8-11(14)9-19-17(23)13-5-3-7-21(13)16-12-4-1-2-6-15(12)26(24,25)20-16/h1-2,4,6,11,13-14,18,22H,3,5,7-10H2,(H,19,23). The summed E-state index contributed by atoms with van der Waals surface area (Å²) < 4.78 is 28.5. The highest BCUT2D eigenvalue weighted by Crippen LogP contribution is 2.31. The lowest BCUT2D eigenvalue weighted by Crippen LogP contribution is -2.47. The van der Waals surface area contributed by atoms with Crippen LogP contribution in [0.15, 0.2) is 33.6 Å². The predicted molar refractivity (Wildman–Crippen MR) is 95.3 cm³/mol. The van der Waals surface area contributed by atoms with Crippen molar-refractivity contribution in [2.24, 2.45) is 10.3 Å².